The summed E-state index contributed by atoms with van der Waals surface area (Å²) in [6.07, 6.45) is 3.88. The standard InChI is InChI=1S/C21H37BrO8/c1-2-18(22)19-13-17-16(3-5-21(17,15-24)30-19)14-29-20(25)4-7-26-9-11-28-12-10-27-8-6-23/h16-19,23-24H,2-15H2,1H3. The zero-order valence-corrected chi connectivity index (χ0v) is 19.5. The summed E-state index contributed by atoms with van der Waals surface area (Å²) >= 11 is 3.68. The highest BCUT2D eigenvalue weighted by Gasteiger charge is 2.56. The Kier molecular flexibility index (Phi) is 12.1. The maximum absolute atomic E-state index is 12.0. The van der Waals surface area contributed by atoms with Gasteiger partial charge in [-0.25, -0.2) is 0 Å². The molecule has 0 bridgehead atoms. The van der Waals surface area contributed by atoms with E-state index < -0.39 is 5.60 Å². The molecular formula is C21H37BrO8. The first-order valence-electron chi connectivity index (χ1n) is 11.0. The molecule has 1 aliphatic heterocycles. The highest BCUT2D eigenvalue weighted by molar-refractivity contribution is 9.09. The summed E-state index contributed by atoms with van der Waals surface area (Å²) in [7, 11) is 0. The molecule has 2 N–H and O–H groups in total. The molecule has 30 heavy (non-hydrogen) atoms. The largest absolute Gasteiger partial charge is 0.465 e. The third kappa shape index (κ3) is 7.69. The molecule has 0 amide bonds. The molecule has 1 saturated carbocycles. The van der Waals surface area contributed by atoms with E-state index in [-0.39, 0.29) is 48.4 Å². The zero-order valence-electron chi connectivity index (χ0n) is 17.9. The van der Waals surface area contributed by atoms with Crippen molar-refractivity contribution in [1.82, 2.24) is 0 Å². The average molecular weight is 497 g/mol. The lowest BCUT2D eigenvalue weighted by atomic mass is 9.85. The fourth-order valence-electron chi connectivity index (χ4n) is 4.35. The Bertz CT molecular complexity index is 494. The van der Waals surface area contributed by atoms with Crippen molar-refractivity contribution < 1.29 is 38.7 Å². The van der Waals surface area contributed by atoms with Crippen molar-refractivity contribution in [2.75, 3.05) is 59.5 Å². The Morgan fingerprint density at radius 3 is 2.43 bits per heavy atom. The number of rotatable bonds is 16. The predicted molar refractivity (Wildman–Crippen MR) is 114 cm³/mol. The van der Waals surface area contributed by atoms with Crippen LogP contribution in [-0.4, -0.2) is 92.2 Å². The van der Waals surface area contributed by atoms with Crippen LogP contribution in [0.25, 0.3) is 0 Å². The van der Waals surface area contributed by atoms with Crippen LogP contribution in [0.5, 0.6) is 0 Å². The van der Waals surface area contributed by atoms with Crippen LogP contribution in [0.4, 0.5) is 0 Å². The molecule has 2 rings (SSSR count). The van der Waals surface area contributed by atoms with Gasteiger partial charge < -0.3 is 33.9 Å². The Morgan fingerprint density at radius 2 is 1.80 bits per heavy atom. The van der Waals surface area contributed by atoms with Crippen LogP contribution < -0.4 is 0 Å². The second-order valence-electron chi connectivity index (χ2n) is 7.94. The fourth-order valence-corrected chi connectivity index (χ4v) is 4.67. The minimum atomic E-state index is -0.477. The van der Waals surface area contributed by atoms with Crippen LogP contribution in [0.3, 0.4) is 0 Å². The summed E-state index contributed by atoms with van der Waals surface area (Å²) in [5, 5.41) is 18.5. The summed E-state index contributed by atoms with van der Waals surface area (Å²) in [5.74, 6) is 0.184. The molecule has 0 spiro atoms. The smallest absolute Gasteiger partial charge is 0.308 e. The van der Waals surface area contributed by atoms with Crippen LogP contribution in [0.1, 0.15) is 39.0 Å². The number of carbonyl (C=O) groups excluding carboxylic acids is 1. The average Bonchev–Trinajstić information content (AvgIpc) is 3.29. The normalized spacial score (nSPS) is 29.1. The molecule has 0 aromatic rings. The molecule has 1 aliphatic carbocycles. The van der Waals surface area contributed by atoms with Crippen molar-refractivity contribution in [3.8, 4) is 0 Å². The van der Waals surface area contributed by atoms with E-state index in [1.54, 1.807) is 0 Å². The summed E-state index contributed by atoms with van der Waals surface area (Å²) < 4.78 is 27.5. The minimum absolute atomic E-state index is 0.00733. The van der Waals surface area contributed by atoms with Crippen LogP contribution in [0.15, 0.2) is 0 Å². The quantitative estimate of drug-likeness (QED) is 0.189. The van der Waals surface area contributed by atoms with Gasteiger partial charge >= 0.3 is 5.97 Å². The van der Waals surface area contributed by atoms with E-state index >= 15 is 0 Å². The number of alkyl halides is 1. The summed E-state index contributed by atoms with van der Waals surface area (Å²) in [5.41, 5.74) is -0.477. The topological polar surface area (TPSA) is 104 Å². The molecule has 0 aromatic carbocycles. The molecule has 5 atom stereocenters. The first kappa shape index (κ1) is 26.0. The molecule has 1 saturated heterocycles. The lowest BCUT2D eigenvalue weighted by Crippen LogP contribution is -2.38. The van der Waals surface area contributed by atoms with Gasteiger partial charge in [0.15, 0.2) is 0 Å². The number of halogens is 1. The Labute approximate surface area is 187 Å². The van der Waals surface area contributed by atoms with Gasteiger partial charge in [-0.1, -0.05) is 22.9 Å². The molecule has 2 aliphatic rings. The Balaban J connectivity index is 1.57. The fraction of sp³-hybridized carbons (Fsp3) is 0.952. The monoisotopic (exact) mass is 496 g/mol. The van der Waals surface area contributed by atoms with E-state index in [2.05, 4.69) is 22.9 Å². The second kappa shape index (κ2) is 14.0. The van der Waals surface area contributed by atoms with Crippen molar-refractivity contribution >= 4 is 21.9 Å². The van der Waals surface area contributed by atoms with E-state index in [1.807, 2.05) is 0 Å². The Hall–Kier alpha value is -0.290. The number of ether oxygens (including phenoxy) is 5. The molecule has 0 radical (unpaired) electrons. The summed E-state index contributed by atoms with van der Waals surface area (Å²) in [6, 6.07) is 0. The van der Waals surface area contributed by atoms with Gasteiger partial charge in [0.2, 0.25) is 0 Å². The first-order chi connectivity index (χ1) is 14.6. The van der Waals surface area contributed by atoms with Gasteiger partial charge in [0.1, 0.15) is 0 Å². The van der Waals surface area contributed by atoms with Crippen LogP contribution in [-0.2, 0) is 28.5 Å². The highest BCUT2D eigenvalue weighted by Crippen LogP contribution is 2.52. The Morgan fingerprint density at radius 1 is 1.13 bits per heavy atom. The molecule has 2 fully saturated rings. The third-order valence-corrected chi connectivity index (χ3v) is 7.24. The van der Waals surface area contributed by atoms with E-state index in [0.717, 1.165) is 25.7 Å². The second-order valence-corrected chi connectivity index (χ2v) is 9.11. The minimum Gasteiger partial charge on any atom is -0.465 e. The van der Waals surface area contributed by atoms with Crippen molar-refractivity contribution in [1.29, 1.82) is 0 Å². The summed E-state index contributed by atoms with van der Waals surface area (Å²) in [4.78, 5) is 12.3. The summed E-state index contributed by atoms with van der Waals surface area (Å²) in [6.45, 7) is 4.84. The molecule has 9 heteroatoms. The van der Waals surface area contributed by atoms with Gasteiger partial charge in [0.25, 0.3) is 0 Å². The van der Waals surface area contributed by atoms with Gasteiger partial charge in [-0.15, -0.1) is 0 Å². The number of hydrogen-bond acceptors (Lipinski definition) is 8. The van der Waals surface area contributed by atoms with Crippen molar-refractivity contribution in [3.63, 3.8) is 0 Å². The van der Waals surface area contributed by atoms with E-state index in [4.69, 9.17) is 28.8 Å². The number of fused-ring (bicyclic) bond motifs is 1. The lowest BCUT2D eigenvalue weighted by molar-refractivity contribution is -0.147. The van der Waals surface area contributed by atoms with Crippen LogP contribution in [0, 0.1) is 11.8 Å². The number of carbonyl (C=O) groups is 1. The SMILES string of the molecule is CCC(Br)C1CC2C(COC(=O)CCOCCOCCOCCO)CCC2(CO)O1. The van der Waals surface area contributed by atoms with Gasteiger partial charge in [-0.3, -0.25) is 4.79 Å². The van der Waals surface area contributed by atoms with Crippen LogP contribution in [0.2, 0.25) is 0 Å². The van der Waals surface area contributed by atoms with E-state index in [9.17, 15) is 9.90 Å². The zero-order chi connectivity index (χ0) is 21.8. The molecule has 8 nitrogen and oxygen atoms in total. The number of esters is 1. The molecular weight excluding hydrogens is 460 g/mol. The maximum Gasteiger partial charge on any atom is 0.308 e. The molecule has 176 valence electrons. The van der Waals surface area contributed by atoms with E-state index in [0.29, 0.717) is 46.2 Å². The van der Waals surface area contributed by atoms with Gasteiger partial charge in [0.05, 0.1) is 77.6 Å². The molecule has 5 unspecified atom stereocenters. The molecule has 1 heterocycles. The van der Waals surface area contributed by atoms with Gasteiger partial charge in [-0.2, -0.15) is 0 Å². The van der Waals surface area contributed by atoms with E-state index in [1.165, 1.54) is 0 Å². The highest BCUT2D eigenvalue weighted by atomic mass is 79.9. The van der Waals surface area contributed by atoms with Gasteiger partial charge in [0, 0.05) is 4.83 Å². The molecule has 0 aromatic heterocycles. The van der Waals surface area contributed by atoms with Crippen LogP contribution >= 0.6 is 15.9 Å². The third-order valence-electron chi connectivity index (χ3n) is 6.01. The maximum atomic E-state index is 12.0. The lowest BCUT2D eigenvalue weighted by Gasteiger charge is -2.28. The number of aliphatic hydroxyl groups is 2. The number of hydrogen-bond donors (Lipinski definition) is 2. The predicted octanol–water partition coefficient (Wildman–Crippen LogP) is 1.68. The van der Waals surface area contributed by atoms with Crippen molar-refractivity contribution in [2.24, 2.45) is 11.8 Å². The van der Waals surface area contributed by atoms with Crippen molar-refractivity contribution in [3.05, 3.63) is 0 Å². The first-order valence-corrected chi connectivity index (χ1v) is 11.9. The van der Waals surface area contributed by atoms with Gasteiger partial charge in [-0.05, 0) is 37.5 Å². The van der Waals surface area contributed by atoms with Crippen molar-refractivity contribution in [2.45, 2.75) is 55.6 Å². The number of aliphatic hydroxyl groups excluding tert-OH is 2.